The third kappa shape index (κ3) is 2.95. The maximum absolute atomic E-state index is 13.4. The second-order valence-electron chi connectivity index (χ2n) is 3.38. The van der Waals surface area contributed by atoms with Gasteiger partial charge in [-0.05, 0) is 11.6 Å². The Morgan fingerprint density at radius 3 is 2.62 bits per heavy atom. The summed E-state index contributed by atoms with van der Waals surface area (Å²) < 4.78 is 13.4. The number of hydrogen-bond acceptors (Lipinski definition) is 4. The molecule has 0 aliphatic carbocycles. The lowest BCUT2D eigenvalue weighted by atomic mass is 10.0. The zero-order valence-corrected chi connectivity index (χ0v) is 9.36. The molecule has 0 saturated heterocycles. The molecule has 0 aromatic heterocycles. The molecule has 2 N–H and O–H groups in total. The lowest BCUT2D eigenvalue weighted by Crippen LogP contribution is -2.19. The fourth-order valence-electron chi connectivity index (χ4n) is 1.30. The zero-order valence-electron chi connectivity index (χ0n) is 8.47. The molecule has 3 nitrogen and oxygen atoms in total. The van der Waals surface area contributed by atoms with Crippen molar-refractivity contribution < 1.29 is 14.6 Å². The predicted octanol–water partition coefficient (Wildman–Crippen LogP) is 1.22. The number of nitriles is 1. The van der Waals surface area contributed by atoms with Crippen LogP contribution in [-0.2, 0) is 6.42 Å². The molecule has 16 heavy (non-hydrogen) atoms. The molecular formula is C11H12FNO2S. The molecule has 1 aromatic rings. The van der Waals surface area contributed by atoms with E-state index in [1.54, 1.807) is 0 Å². The van der Waals surface area contributed by atoms with Crippen molar-refractivity contribution >= 4 is 12.6 Å². The van der Waals surface area contributed by atoms with E-state index in [1.165, 1.54) is 12.1 Å². The van der Waals surface area contributed by atoms with Gasteiger partial charge in [0, 0.05) is 11.3 Å². The minimum atomic E-state index is -1.16. The van der Waals surface area contributed by atoms with E-state index in [4.69, 9.17) is 5.26 Å². The summed E-state index contributed by atoms with van der Waals surface area (Å²) in [7, 11) is 0. The van der Waals surface area contributed by atoms with Gasteiger partial charge in [-0.3, -0.25) is 0 Å². The van der Waals surface area contributed by atoms with Crippen molar-refractivity contribution in [3.63, 3.8) is 0 Å². The van der Waals surface area contributed by atoms with Crippen LogP contribution in [0.25, 0.3) is 0 Å². The van der Waals surface area contributed by atoms with Crippen molar-refractivity contribution in [2.24, 2.45) is 0 Å². The summed E-state index contributed by atoms with van der Waals surface area (Å²) in [6.07, 6.45) is -2.22. The van der Waals surface area contributed by atoms with E-state index in [0.29, 0.717) is 0 Å². The number of aliphatic hydroxyl groups is 2. The quantitative estimate of drug-likeness (QED) is 0.694. The molecule has 2 atom stereocenters. The highest BCUT2D eigenvalue weighted by Crippen LogP contribution is 2.20. The summed E-state index contributed by atoms with van der Waals surface area (Å²) in [5, 5.41) is 27.4. The van der Waals surface area contributed by atoms with Crippen LogP contribution in [0.3, 0.4) is 0 Å². The van der Waals surface area contributed by atoms with Crippen molar-refractivity contribution in [2.75, 3.05) is 5.75 Å². The Balaban J connectivity index is 2.93. The molecule has 0 saturated carbocycles. The lowest BCUT2D eigenvalue weighted by Gasteiger charge is -2.16. The molecule has 0 aliphatic heterocycles. The summed E-state index contributed by atoms with van der Waals surface area (Å²) in [6, 6.07) is 5.90. The van der Waals surface area contributed by atoms with Crippen LogP contribution in [0.5, 0.6) is 0 Å². The van der Waals surface area contributed by atoms with Crippen LogP contribution in [-0.4, -0.2) is 22.1 Å². The topological polar surface area (TPSA) is 64.2 Å². The van der Waals surface area contributed by atoms with Gasteiger partial charge in [-0.2, -0.15) is 17.9 Å². The Morgan fingerprint density at radius 2 is 2.12 bits per heavy atom. The molecule has 0 radical (unpaired) electrons. The van der Waals surface area contributed by atoms with Gasteiger partial charge in [-0.1, -0.05) is 12.1 Å². The molecular weight excluding hydrogens is 229 g/mol. The fraction of sp³-hybridized carbons (Fsp3) is 0.364. The number of rotatable bonds is 4. The fourth-order valence-corrected chi connectivity index (χ4v) is 1.50. The van der Waals surface area contributed by atoms with Crippen molar-refractivity contribution in [3.8, 4) is 6.07 Å². The largest absolute Gasteiger partial charge is 0.389 e. The highest BCUT2D eigenvalue weighted by Gasteiger charge is 2.18. The zero-order chi connectivity index (χ0) is 12.1. The van der Waals surface area contributed by atoms with Crippen LogP contribution in [0.4, 0.5) is 4.39 Å². The smallest absolute Gasteiger partial charge is 0.127 e. The molecule has 2 unspecified atom stereocenters. The van der Waals surface area contributed by atoms with Crippen LogP contribution in [0.1, 0.15) is 17.2 Å². The normalized spacial score (nSPS) is 14.2. The average molecular weight is 241 g/mol. The van der Waals surface area contributed by atoms with Crippen LogP contribution < -0.4 is 0 Å². The number of benzene rings is 1. The Morgan fingerprint density at radius 1 is 1.44 bits per heavy atom. The Kier molecular flexibility index (Phi) is 4.74. The van der Waals surface area contributed by atoms with E-state index in [9.17, 15) is 14.6 Å². The monoisotopic (exact) mass is 241 g/mol. The first kappa shape index (κ1) is 13.0. The number of aliphatic hydroxyl groups excluding tert-OH is 2. The van der Waals surface area contributed by atoms with Gasteiger partial charge in [-0.25, -0.2) is 4.39 Å². The Hall–Kier alpha value is -1.09. The molecule has 1 aromatic carbocycles. The SMILES string of the molecule is N#CCc1ccc(C(O)C(O)CS)cc1F. The van der Waals surface area contributed by atoms with Crippen LogP contribution in [0, 0.1) is 17.1 Å². The molecule has 0 aliphatic rings. The highest BCUT2D eigenvalue weighted by atomic mass is 32.1. The van der Waals surface area contributed by atoms with E-state index >= 15 is 0 Å². The summed E-state index contributed by atoms with van der Waals surface area (Å²) in [5.41, 5.74) is 0.555. The van der Waals surface area contributed by atoms with Crippen molar-refractivity contribution in [3.05, 3.63) is 35.1 Å². The Bertz CT molecular complexity index is 405. The highest BCUT2D eigenvalue weighted by molar-refractivity contribution is 7.80. The summed E-state index contributed by atoms with van der Waals surface area (Å²) in [6.45, 7) is 0. The van der Waals surface area contributed by atoms with Crippen molar-refractivity contribution in [1.29, 1.82) is 5.26 Å². The minimum absolute atomic E-state index is 0.0165. The number of hydrogen-bond donors (Lipinski definition) is 3. The molecule has 0 amide bonds. The maximum Gasteiger partial charge on any atom is 0.127 e. The second kappa shape index (κ2) is 5.85. The molecule has 0 heterocycles. The molecule has 0 spiro atoms. The van der Waals surface area contributed by atoms with Crippen molar-refractivity contribution in [1.82, 2.24) is 0 Å². The number of nitrogens with zero attached hydrogens (tertiary/aromatic N) is 1. The van der Waals surface area contributed by atoms with E-state index in [1.807, 2.05) is 6.07 Å². The van der Waals surface area contributed by atoms with Gasteiger partial charge in [0.05, 0.1) is 18.6 Å². The first-order valence-electron chi connectivity index (χ1n) is 4.72. The van der Waals surface area contributed by atoms with Crippen LogP contribution in [0.2, 0.25) is 0 Å². The first-order valence-corrected chi connectivity index (χ1v) is 5.35. The molecule has 86 valence electrons. The average Bonchev–Trinajstić information content (AvgIpc) is 2.30. The van der Waals surface area contributed by atoms with Gasteiger partial charge in [0.25, 0.3) is 0 Å². The molecule has 0 fully saturated rings. The maximum atomic E-state index is 13.4. The molecule has 0 bridgehead atoms. The van der Waals surface area contributed by atoms with E-state index in [2.05, 4.69) is 12.6 Å². The summed E-state index contributed by atoms with van der Waals surface area (Å²) in [5.74, 6) is -0.465. The number of halogens is 1. The standard InChI is InChI=1S/C11H12FNO2S/c12-9-5-8(11(15)10(14)6-16)2-1-7(9)3-4-13/h1-2,5,10-11,14-16H,3,6H2. The van der Waals surface area contributed by atoms with Crippen LogP contribution >= 0.6 is 12.6 Å². The third-order valence-electron chi connectivity index (χ3n) is 2.24. The van der Waals surface area contributed by atoms with E-state index in [-0.39, 0.29) is 23.3 Å². The first-order chi connectivity index (χ1) is 7.60. The van der Waals surface area contributed by atoms with Gasteiger partial charge >= 0.3 is 0 Å². The molecule has 1 rings (SSSR count). The van der Waals surface area contributed by atoms with Gasteiger partial charge in [0.1, 0.15) is 11.9 Å². The van der Waals surface area contributed by atoms with Gasteiger partial charge < -0.3 is 10.2 Å². The Labute approximate surface area is 98.6 Å². The van der Waals surface area contributed by atoms with Crippen molar-refractivity contribution in [2.45, 2.75) is 18.6 Å². The summed E-state index contributed by atoms with van der Waals surface area (Å²) in [4.78, 5) is 0. The van der Waals surface area contributed by atoms with E-state index < -0.39 is 18.0 Å². The predicted molar refractivity (Wildman–Crippen MR) is 60.5 cm³/mol. The van der Waals surface area contributed by atoms with Gasteiger partial charge in [-0.15, -0.1) is 0 Å². The number of thiol groups is 1. The summed E-state index contributed by atoms with van der Waals surface area (Å²) >= 11 is 3.84. The second-order valence-corrected chi connectivity index (χ2v) is 3.75. The lowest BCUT2D eigenvalue weighted by molar-refractivity contribution is 0.0336. The molecule has 5 heteroatoms. The third-order valence-corrected chi connectivity index (χ3v) is 2.61. The van der Waals surface area contributed by atoms with E-state index in [0.717, 1.165) is 6.07 Å². The minimum Gasteiger partial charge on any atom is -0.389 e. The van der Waals surface area contributed by atoms with Gasteiger partial charge in [0.2, 0.25) is 0 Å². The van der Waals surface area contributed by atoms with Crippen LogP contribution in [0.15, 0.2) is 18.2 Å². The van der Waals surface area contributed by atoms with Gasteiger partial charge in [0.15, 0.2) is 0 Å².